The maximum atomic E-state index is 11.8. The first-order chi connectivity index (χ1) is 8.19. The van der Waals surface area contributed by atoms with Gasteiger partial charge in [0, 0.05) is 16.9 Å². The molecule has 4 nitrogen and oxygen atoms in total. The summed E-state index contributed by atoms with van der Waals surface area (Å²) in [6, 6.07) is 7.04. The molecule has 1 aromatic rings. The van der Waals surface area contributed by atoms with E-state index in [-0.39, 0.29) is 6.61 Å². The summed E-state index contributed by atoms with van der Waals surface area (Å²) >= 11 is 0. The van der Waals surface area contributed by atoms with Crippen molar-refractivity contribution in [3.63, 3.8) is 0 Å². The van der Waals surface area contributed by atoms with E-state index in [1.807, 2.05) is 0 Å². The Morgan fingerprint density at radius 1 is 1.47 bits per heavy atom. The molecule has 1 aromatic carbocycles. The molecule has 0 spiro atoms. The molecule has 0 radical (unpaired) electrons. The van der Waals surface area contributed by atoms with E-state index in [9.17, 15) is 9.36 Å². The lowest BCUT2D eigenvalue weighted by Gasteiger charge is -2.09. The molecule has 1 unspecified atom stereocenters. The first-order valence-electron chi connectivity index (χ1n) is 5.23. The van der Waals surface area contributed by atoms with Gasteiger partial charge in [-0.25, -0.2) is 4.79 Å². The van der Waals surface area contributed by atoms with E-state index in [0.717, 1.165) is 6.08 Å². The third-order valence-corrected chi connectivity index (χ3v) is 3.53. The summed E-state index contributed by atoms with van der Waals surface area (Å²) in [5.74, 6) is -0.504. The second-order valence-electron chi connectivity index (χ2n) is 3.19. The second-order valence-corrected chi connectivity index (χ2v) is 4.59. The highest BCUT2D eigenvalue weighted by Gasteiger charge is 2.10. The van der Waals surface area contributed by atoms with E-state index < -0.39 is 14.0 Å². The fourth-order valence-corrected chi connectivity index (χ4v) is 2.33. The standard InChI is InChI=1S/C12H15O4P/c1-3-12(13)15-9-10-7-5-6-8-11(10)17(14)16-4-2/h3,5-8,17H,1,4,9H2,2H3. The zero-order valence-corrected chi connectivity index (χ0v) is 10.6. The molecule has 0 saturated heterocycles. The molecule has 0 amide bonds. The van der Waals surface area contributed by atoms with Crippen LogP contribution in [0.1, 0.15) is 12.5 Å². The van der Waals surface area contributed by atoms with Crippen molar-refractivity contribution in [2.45, 2.75) is 13.5 Å². The van der Waals surface area contributed by atoms with Crippen LogP contribution in [0.15, 0.2) is 36.9 Å². The highest BCUT2D eigenvalue weighted by atomic mass is 31.1. The topological polar surface area (TPSA) is 52.6 Å². The van der Waals surface area contributed by atoms with Crippen molar-refractivity contribution in [1.29, 1.82) is 0 Å². The van der Waals surface area contributed by atoms with Crippen molar-refractivity contribution >= 4 is 19.3 Å². The van der Waals surface area contributed by atoms with Gasteiger partial charge in [0.2, 0.25) is 8.03 Å². The molecule has 0 N–H and O–H groups in total. The van der Waals surface area contributed by atoms with E-state index in [2.05, 4.69) is 6.58 Å². The fraction of sp³-hybridized carbons (Fsp3) is 0.250. The summed E-state index contributed by atoms with van der Waals surface area (Å²) in [7, 11) is -2.27. The van der Waals surface area contributed by atoms with Crippen LogP contribution >= 0.6 is 8.03 Å². The van der Waals surface area contributed by atoms with Crippen LogP contribution in [0.25, 0.3) is 0 Å². The van der Waals surface area contributed by atoms with Crippen LogP contribution in [-0.2, 0) is 25.2 Å². The molecular weight excluding hydrogens is 239 g/mol. The lowest BCUT2D eigenvalue weighted by Crippen LogP contribution is -2.10. The Hall–Kier alpha value is -1.38. The summed E-state index contributed by atoms with van der Waals surface area (Å²) in [5, 5.41) is 0.594. The number of carbonyl (C=O) groups is 1. The fourth-order valence-electron chi connectivity index (χ4n) is 1.26. The Morgan fingerprint density at radius 3 is 2.82 bits per heavy atom. The van der Waals surface area contributed by atoms with Crippen molar-refractivity contribution in [3.8, 4) is 0 Å². The molecule has 0 aliphatic rings. The maximum absolute atomic E-state index is 11.8. The van der Waals surface area contributed by atoms with Gasteiger partial charge in [0.1, 0.15) is 6.61 Å². The van der Waals surface area contributed by atoms with Crippen LogP contribution in [0.2, 0.25) is 0 Å². The lowest BCUT2D eigenvalue weighted by atomic mass is 10.2. The smallest absolute Gasteiger partial charge is 0.330 e. The number of hydrogen-bond donors (Lipinski definition) is 0. The van der Waals surface area contributed by atoms with Gasteiger partial charge < -0.3 is 9.26 Å². The number of ether oxygens (including phenoxy) is 1. The average Bonchev–Trinajstić information content (AvgIpc) is 2.36. The predicted octanol–water partition coefficient (Wildman–Crippen LogP) is 2.05. The summed E-state index contributed by atoms with van der Waals surface area (Å²) in [6.07, 6.45) is 1.09. The Morgan fingerprint density at radius 2 is 2.18 bits per heavy atom. The van der Waals surface area contributed by atoms with Crippen LogP contribution in [0.4, 0.5) is 0 Å². The monoisotopic (exact) mass is 254 g/mol. The normalized spacial score (nSPS) is 11.8. The summed E-state index contributed by atoms with van der Waals surface area (Å²) < 4.78 is 21.8. The predicted molar refractivity (Wildman–Crippen MR) is 66.7 cm³/mol. The summed E-state index contributed by atoms with van der Waals surface area (Å²) in [4.78, 5) is 11.0. The quantitative estimate of drug-likeness (QED) is 0.443. The molecule has 0 saturated carbocycles. The number of benzene rings is 1. The van der Waals surface area contributed by atoms with E-state index >= 15 is 0 Å². The van der Waals surface area contributed by atoms with Gasteiger partial charge in [-0.05, 0) is 13.0 Å². The molecule has 17 heavy (non-hydrogen) atoms. The molecule has 0 fully saturated rings. The zero-order chi connectivity index (χ0) is 12.7. The Kier molecular flexibility index (Phi) is 5.67. The van der Waals surface area contributed by atoms with Crippen LogP contribution in [0.3, 0.4) is 0 Å². The van der Waals surface area contributed by atoms with Gasteiger partial charge >= 0.3 is 5.97 Å². The molecule has 1 atom stereocenters. The van der Waals surface area contributed by atoms with E-state index in [1.54, 1.807) is 31.2 Å². The van der Waals surface area contributed by atoms with Gasteiger partial charge in [-0.2, -0.15) is 0 Å². The van der Waals surface area contributed by atoms with Gasteiger partial charge in [-0.15, -0.1) is 0 Å². The lowest BCUT2D eigenvalue weighted by molar-refractivity contribution is -0.138. The molecule has 1 rings (SSSR count). The molecule has 5 heteroatoms. The maximum Gasteiger partial charge on any atom is 0.330 e. The van der Waals surface area contributed by atoms with Gasteiger partial charge in [0.15, 0.2) is 0 Å². The summed E-state index contributed by atoms with van der Waals surface area (Å²) in [5.41, 5.74) is 0.694. The third-order valence-electron chi connectivity index (χ3n) is 2.05. The SMILES string of the molecule is C=CC(=O)OCc1ccccc1[PH](=O)OCC. The minimum absolute atomic E-state index is 0.0739. The largest absolute Gasteiger partial charge is 0.458 e. The van der Waals surface area contributed by atoms with Crippen molar-refractivity contribution in [2.75, 3.05) is 6.61 Å². The highest BCUT2D eigenvalue weighted by molar-refractivity contribution is 7.48. The van der Waals surface area contributed by atoms with Gasteiger partial charge in [0.05, 0.1) is 6.61 Å². The van der Waals surface area contributed by atoms with Crippen molar-refractivity contribution < 1.29 is 18.6 Å². The number of esters is 1. The van der Waals surface area contributed by atoms with Gasteiger partial charge in [0.25, 0.3) is 0 Å². The van der Waals surface area contributed by atoms with E-state index in [1.165, 1.54) is 0 Å². The van der Waals surface area contributed by atoms with Crippen molar-refractivity contribution in [1.82, 2.24) is 0 Å². The van der Waals surface area contributed by atoms with Crippen LogP contribution in [0.5, 0.6) is 0 Å². The first kappa shape index (κ1) is 13.7. The van der Waals surface area contributed by atoms with Gasteiger partial charge in [-0.1, -0.05) is 24.8 Å². The van der Waals surface area contributed by atoms with E-state index in [0.29, 0.717) is 17.5 Å². The minimum atomic E-state index is -2.27. The van der Waals surface area contributed by atoms with Crippen molar-refractivity contribution in [2.24, 2.45) is 0 Å². The van der Waals surface area contributed by atoms with E-state index in [4.69, 9.17) is 9.26 Å². The van der Waals surface area contributed by atoms with Crippen LogP contribution in [0, 0.1) is 0 Å². The first-order valence-corrected chi connectivity index (χ1v) is 6.55. The highest BCUT2D eigenvalue weighted by Crippen LogP contribution is 2.23. The van der Waals surface area contributed by atoms with Gasteiger partial charge in [-0.3, -0.25) is 4.57 Å². The zero-order valence-electron chi connectivity index (χ0n) is 9.64. The average molecular weight is 254 g/mol. The Bertz CT molecular complexity index is 428. The molecule has 0 aliphatic heterocycles. The number of carbonyl (C=O) groups excluding carboxylic acids is 1. The minimum Gasteiger partial charge on any atom is -0.458 e. The molecule has 0 heterocycles. The molecule has 0 aliphatic carbocycles. The van der Waals surface area contributed by atoms with Crippen LogP contribution < -0.4 is 5.30 Å². The number of rotatable bonds is 6. The van der Waals surface area contributed by atoms with Crippen LogP contribution in [-0.4, -0.2) is 12.6 Å². The Balaban J connectivity index is 2.80. The molecule has 92 valence electrons. The number of hydrogen-bond acceptors (Lipinski definition) is 4. The second kappa shape index (κ2) is 7.05. The molecular formula is C12H15O4P. The molecule has 0 bridgehead atoms. The van der Waals surface area contributed by atoms with Crippen molar-refractivity contribution in [3.05, 3.63) is 42.5 Å². The molecule has 0 aromatic heterocycles. The third kappa shape index (κ3) is 4.17. The summed E-state index contributed by atoms with van der Waals surface area (Å²) in [6.45, 7) is 5.55. The Labute approximate surface area is 101 Å².